The number of aliphatic hydroxyl groups is 1. The highest BCUT2D eigenvalue weighted by molar-refractivity contribution is 5.19. The van der Waals surface area contributed by atoms with Crippen LogP contribution >= 0.6 is 0 Å². The molecule has 82 valence electrons. The van der Waals surface area contributed by atoms with Crippen LogP contribution in [0, 0.1) is 22.7 Å². The summed E-state index contributed by atoms with van der Waals surface area (Å²) in [6.45, 7) is 5.91. The van der Waals surface area contributed by atoms with Crippen molar-refractivity contribution in [3.05, 3.63) is 12.2 Å². The first kappa shape index (κ1) is 10.7. The molecule has 1 N–H and O–H groups in total. The lowest BCUT2D eigenvalue weighted by Gasteiger charge is -2.50. The fraction of sp³-hybridized carbons (Fsp3) is 0.769. The molecule has 2 aliphatic rings. The fourth-order valence-electron chi connectivity index (χ4n) is 3.56. The normalized spacial score (nSPS) is 45.7. The Morgan fingerprint density at radius 1 is 1.53 bits per heavy atom. The number of nitrogens with zero attached hydrogens (tertiary/aromatic N) is 1. The Morgan fingerprint density at radius 2 is 2.27 bits per heavy atom. The number of hydrogen-bond donors (Lipinski definition) is 1. The van der Waals surface area contributed by atoms with Crippen LogP contribution in [0.4, 0.5) is 0 Å². The zero-order valence-electron chi connectivity index (χ0n) is 9.42. The van der Waals surface area contributed by atoms with E-state index in [9.17, 15) is 10.4 Å². The summed E-state index contributed by atoms with van der Waals surface area (Å²) in [4.78, 5) is 0. The van der Waals surface area contributed by atoms with E-state index >= 15 is 0 Å². The smallest absolute Gasteiger partial charge is 0.0697 e. The van der Waals surface area contributed by atoms with Crippen LogP contribution in [0.2, 0.25) is 0 Å². The molecule has 2 rings (SSSR count). The first-order valence-electron chi connectivity index (χ1n) is 5.80. The van der Waals surface area contributed by atoms with Gasteiger partial charge in [0.05, 0.1) is 17.1 Å². The van der Waals surface area contributed by atoms with Crippen molar-refractivity contribution in [2.24, 2.45) is 11.3 Å². The fourth-order valence-corrected chi connectivity index (χ4v) is 3.56. The maximum absolute atomic E-state index is 10.4. The lowest BCUT2D eigenvalue weighted by molar-refractivity contribution is -0.0914. The van der Waals surface area contributed by atoms with E-state index in [0.717, 1.165) is 38.5 Å². The van der Waals surface area contributed by atoms with Crippen molar-refractivity contribution in [1.29, 1.82) is 5.26 Å². The van der Waals surface area contributed by atoms with E-state index in [1.54, 1.807) is 0 Å². The second-order valence-corrected chi connectivity index (χ2v) is 5.50. The largest absolute Gasteiger partial charge is 0.390 e. The topological polar surface area (TPSA) is 44.0 Å². The Hall–Kier alpha value is -0.810. The highest BCUT2D eigenvalue weighted by Gasteiger charge is 2.52. The Kier molecular flexibility index (Phi) is 2.39. The van der Waals surface area contributed by atoms with E-state index in [0.29, 0.717) is 0 Å². The van der Waals surface area contributed by atoms with E-state index < -0.39 is 5.60 Å². The lowest BCUT2D eigenvalue weighted by atomic mass is 9.54. The van der Waals surface area contributed by atoms with Gasteiger partial charge in [-0.25, -0.2) is 0 Å². The summed E-state index contributed by atoms with van der Waals surface area (Å²) in [7, 11) is 0. The molecule has 0 aromatic carbocycles. The average Bonchev–Trinajstić information content (AvgIpc) is 2.16. The van der Waals surface area contributed by atoms with Crippen LogP contribution in [-0.4, -0.2) is 10.7 Å². The molecule has 0 amide bonds. The van der Waals surface area contributed by atoms with Crippen LogP contribution in [0.1, 0.15) is 45.4 Å². The maximum Gasteiger partial charge on any atom is 0.0697 e. The molecule has 0 unspecified atom stereocenters. The number of nitriles is 1. The highest BCUT2D eigenvalue weighted by atomic mass is 16.3. The first-order chi connectivity index (χ1) is 7.00. The summed E-state index contributed by atoms with van der Waals surface area (Å²) < 4.78 is 0. The molecule has 0 heterocycles. The summed E-state index contributed by atoms with van der Waals surface area (Å²) in [5.41, 5.74) is 0.219. The van der Waals surface area contributed by atoms with Crippen LogP contribution in [0.15, 0.2) is 12.2 Å². The summed E-state index contributed by atoms with van der Waals surface area (Å²) in [5, 5.41) is 19.8. The zero-order valence-corrected chi connectivity index (χ0v) is 9.42. The third kappa shape index (κ3) is 1.59. The Morgan fingerprint density at radius 3 is 2.93 bits per heavy atom. The van der Waals surface area contributed by atoms with Gasteiger partial charge >= 0.3 is 0 Å². The second kappa shape index (κ2) is 3.35. The predicted octanol–water partition coefficient (Wildman–Crippen LogP) is 2.79. The molecule has 2 nitrogen and oxygen atoms in total. The van der Waals surface area contributed by atoms with Crippen molar-refractivity contribution >= 4 is 0 Å². The van der Waals surface area contributed by atoms with E-state index in [-0.39, 0.29) is 11.3 Å². The van der Waals surface area contributed by atoms with Gasteiger partial charge < -0.3 is 5.11 Å². The molecule has 3 atom stereocenters. The van der Waals surface area contributed by atoms with Crippen LogP contribution in [0.5, 0.6) is 0 Å². The number of hydrogen-bond acceptors (Lipinski definition) is 2. The van der Waals surface area contributed by atoms with Crippen molar-refractivity contribution < 1.29 is 5.11 Å². The molecule has 2 heteroatoms. The molecule has 0 saturated heterocycles. The van der Waals surface area contributed by atoms with Gasteiger partial charge in [0.15, 0.2) is 0 Å². The molecule has 0 aromatic rings. The molecule has 0 aliphatic heterocycles. The highest BCUT2D eigenvalue weighted by Crippen LogP contribution is 2.54. The Labute approximate surface area is 91.6 Å². The Bertz CT molecular complexity index is 326. The minimum Gasteiger partial charge on any atom is -0.390 e. The van der Waals surface area contributed by atoms with Crippen LogP contribution in [0.25, 0.3) is 0 Å². The molecule has 2 aliphatic carbocycles. The molecule has 0 bridgehead atoms. The van der Waals surface area contributed by atoms with Gasteiger partial charge in [-0.3, -0.25) is 0 Å². The summed E-state index contributed by atoms with van der Waals surface area (Å²) >= 11 is 0. The van der Waals surface area contributed by atoms with Crippen molar-refractivity contribution in [3.8, 4) is 6.07 Å². The maximum atomic E-state index is 10.4. The van der Waals surface area contributed by atoms with Crippen molar-refractivity contribution in [2.75, 3.05) is 0 Å². The molecular formula is C13H19NO. The van der Waals surface area contributed by atoms with Gasteiger partial charge in [-0.05, 0) is 45.4 Å². The van der Waals surface area contributed by atoms with E-state index in [1.165, 1.54) is 5.57 Å². The number of allylic oxidation sites excluding steroid dienone is 1. The van der Waals surface area contributed by atoms with Crippen LogP contribution in [-0.2, 0) is 0 Å². The van der Waals surface area contributed by atoms with E-state index in [2.05, 4.69) is 12.6 Å². The van der Waals surface area contributed by atoms with Gasteiger partial charge in [0.25, 0.3) is 0 Å². The van der Waals surface area contributed by atoms with Gasteiger partial charge in [-0.15, -0.1) is 0 Å². The standard InChI is InChI=1S/C13H19NO/c1-10-4-5-11-12(2,15)6-3-7-13(11,8-10)9-14/h11,15H,1,3-8H2,2H3/t11-,12-,13+/m0/s1. The summed E-state index contributed by atoms with van der Waals surface area (Å²) in [6, 6.07) is 2.48. The summed E-state index contributed by atoms with van der Waals surface area (Å²) in [5.74, 6) is 0.147. The van der Waals surface area contributed by atoms with Crippen LogP contribution < -0.4 is 0 Å². The number of rotatable bonds is 0. The van der Waals surface area contributed by atoms with Crippen LogP contribution in [0.3, 0.4) is 0 Å². The number of fused-ring (bicyclic) bond motifs is 1. The third-order valence-corrected chi connectivity index (χ3v) is 4.30. The molecule has 2 fully saturated rings. The van der Waals surface area contributed by atoms with E-state index in [1.807, 2.05) is 6.92 Å². The van der Waals surface area contributed by atoms with Crippen molar-refractivity contribution in [3.63, 3.8) is 0 Å². The van der Waals surface area contributed by atoms with Crippen molar-refractivity contribution in [1.82, 2.24) is 0 Å². The molecule has 2 saturated carbocycles. The SMILES string of the molecule is C=C1CC[C@@H]2[C@](C#N)(CCC[C@]2(C)O)C1. The second-order valence-electron chi connectivity index (χ2n) is 5.50. The molecule has 0 radical (unpaired) electrons. The van der Waals surface area contributed by atoms with Gasteiger partial charge in [-0.2, -0.15) is 5.26 Å². The first-order valence-corrected chi connectivity index (χ1v) is 5.80. The van der Waals surface area contributed by atoms with Gasteiger partial charge in [-0.1, -0.05) is 12.2 Å². The third-order valence-electron chi connectivity index (χ3n) is 4.30. The minimum atomic E-state index is -0.644. The molecular weight excluding hydrogens is 186 g/mol. The summed E-state index contributed by atoms with van der Waals surface area (Å²) in [6.07, 6.45) is 5.44. The van der Waals surface area contributed by atoms with E-state index in [4.69, 9.17) is 0 Å². The van der Waals surface area contributed by atoms with Gasteiger partial charge in [0.2, 0.25) is 0 Å². The average molecular weight is 205 g/mol. The Balaban J connectivity index is 2.35. The lowest BCUT2D eigenvalue weighted by Crippen LogP contribution is -2.50. The van der Waals surface area contributed by atoms with Gasteiger partial charge in [0, 0.05) is 5.92 Å². The molecule has 15 heavy (non-hydrogen) atoms. The quantitative estimate of drug-likeness (QED) is 0.618. The van der Waals surface area contributed by atoms with Crippen molar-refractivity contribution in [2.45, 2.75) is 51.0 Å². The monoisotopic (exact) mass is 205 g/mol. The zero-order chi connectivity index (χ0) is 11.1. The predicted molar refractivity (Wildman–Crippen MR) is 59.0 cm³/mol. The molecule has 0 aromatic heterocycles. The minimum absolute atomic E-state index is 0.147. The van der Waals surface area contributed by atoms with Gasteiger partial charge in [0.1, 0.15) is 0 Å². The molecule has 0 spiro atoms.